The van der Waals surface area contributed by atoms with Crippen LogP contribution in [0.15, 0.2) is 5.11 Å². The summed E-state index contributed by atoms with van der Waals surface area (Å²) < 4.78 is 0. The van der Waals surface area contributed by atoms with Crippen LogP contribution in [-0.2, 0) is 0 Å². The SMILES string of the molecule is CN1CCC(N(C)CCN=[N+]=[N-])CC1. The second-order valence-electron chi connectivity index (χ2n) is 3.97. The third-order valence-corrected chi connectivity index (χ3v) is 2.93. The van der Waals surface area contributed by atoms with E-state index in [4.69, 9.17) is 5.53 Å². The first-order valence-electron chi connectivity index (χ1n) is 5.13. The first-order valence-corrected chi connectivity index (χ1v) is 5.13. The molecule has 0 aromatic heterocycles. The third-order valence-electron chi connectivity index (χ3n) is 2.93. The summed E-state index contributed by atoms with van der Waals surface area (Å²) in [6.07, 6.45) is 2.45. The van der Waals surface area contributed by atoms with Gasteiger partial charge in [-0.05, 0) is 45.6 Å². The third kappa shape index (κ3) is 3.54. The molecule has 0 atom stereocenters. The standard InChI is InChI=1S/C9H19N5/c1-13-6-3-9(4-7-13)14(2)8-5-11-12-10/h9H,3-8H2,1-2H3. The van der Waals surface area contributed by atoms with Crippen molar-refractivity contribution < 1.29 is 0 Å². The molecule has 0 saturated carbocycles. The lowest BCUT2D eigenvalue weighted by molar-refractivity contribution is 0.147. The van der Waals surface area contributed by atoms with Crippen molar-refractivity contribution >= 4 is 0 Å². The summed E-state index contributed by atoms with van der Waals surface area (Å²) in [6, 6.07) is 0.667. The van der Waals surface area contributed by atoms with Crippen molar-refractivity contribution in [3.05, 3.63) is 10.4 Å². The molecule has 0 radical (unpaired) electrons. The van der Waals surface area contributed by atoms with Crippen LogP contribution in [-0.4, -0.2) is 56.1 Å². The molecule has 1 saturated heterocycles. The van der Waals surface area contributed by atoms with E-state index < -0.39 is 0 Å². The molecule has 0 aliphatic carbocycles. The van der Waals surface area contributed by atoms with Gasteiger partial charge in [-0.2, -0.15) is 0 Å². The lowest BCUT2D eigenvalue weighted by atomic mass is 10.0. The second kappa shape index (κ2) is 5.86. The Labute approximate surface area is 85.3 Å². The van der Waals surface area contributed by atoms with E-state index in [1.165, 1.54) is 25.9 Å². The summed E-state index contributed by atoms with van der Waals surface area (Å²) in [5.74, 6) is 0. The van der Waals surface area contributed by atoms with Gasteiger partial charge in [0, 0.05) is 24.0 Å². The largest absolute Gasteiger partial charge is 0.306 e. The predicted molar refractivity (Wildman–Crippen MR) is 57.2 cm³/mol. The van der Waals surface area contributed by atoms with Crippen molar-refractivity contribution in [2.24, 2.45) is 5.11 Å². The van der Waals surface area contributed by atoms with E-state index in [1.54, 1.807) is 0 Å². The molecule has 0 N–H and O–H groups in total. The molecule has 0 unspecified atom stereocenters. The first-order chi connectivity index (χ1) is 6.74. The van der Waals surface area contributed by atoms with Gasteiger partial charge in [-0.15, -0.1) is 0 Å². The van der Waals surface area contributed by atoms with Crippen molar-refractivity contribution in [2.45, 2.75) is 18.9 Å². The molecule has 0 amide bonds. The van der Waals surface area contributed by atoms with Crippen LogP contribution in [0.2, 0.25) is 0 Å². The van der Waals surface area contributed by atoms with Crippen molar-refractivity contribution in [1.29, 1.82) is 0 Å². The van der Waals surface area contributed by atoms with Gasteiger partial charge in [0.05, 0.1) is 0 Å². The predicted octanol–water partition coefficient (Wildman–Crippen LogP) is 1.32. The highest BCUT2D eigenvalue weighted by atomic mass is 15.2. The fraction of sp³-hybridized carbons (Fsp3) is 1.00. The van der Waals surface area contributed by atoms with Crippen molar-refractivity contribution in [3.8, 4) is 0 Å². The van der Waals surface area contributed by atoms with Crippen LogP contribution in [0.4, 0.5) is 0 Å². The molecule has 5 nitrogen and oxygen atoms in total. The summed E-state index contributed by atoms with van der Waals surface area (Å²) >= 11 is 0. The normalized spacial score (nSPS) is 19.6. The molecule has 1 aliphatic rings. The molecular formula is C9H19N5. The fourth-order valence-electron chi connectivity index (χ4n) is 1.87. The lowest BCUT2D eigenvalue weighted by Crippen LogP contribution is -2.42. The maximum atomic E-state index is 8.16. The minimum atomic E-state index is 0.583. The van der Waals surface area contributed by atoms with Gasteiger partial charge in [0.2, 0.25) is 0 Å². The molecule has 1 rings (SSSR count). The first kappa shape index (κ1) is 11.3. The number of likely N-dealkylation sites (tertiary alicyclic amines) is 1. The Morgan fingerprint density at radius 3 is 2.71 bits per heavy atom. The number of piperidine rings is 1. The van der Waals surface area contributed by atoms with E-state index in [-0.39, 0.29) is 0 Å². The Kier molecular flexibility index (Phi) is 4.73. The summed E-state index contributed by atoms with van der Waals surface area (Å²) in [6.45, 7) is 3.81. The van der Waals surface area contributed by atoms with Crippen molar-refractivity contribution in [1.82, 2.24) is 9.80 Å². The average Bonchev–Trinajstić information content (AvgIpc) is 2.19. The molecular weight excluding hydrogens is 178 g/mol. The molecule has 0 aromatic rings. The van der Waals surface area contributed by atoms with Crippen molar-refractivity contribution in [3.63, 3.8) is 0 Å². The van der Waals surface area contributed by atoms with E-state index in [9.17, 15) is 0 Å². The maximum Gasteiger partial charge on any atom is 0.0385 e. The monoisotopic (exact) mass is 197 g/mol. The Morgan fingerprint density at radius 2 is 2.14 bits per heavy atom. The molecule has 14 heavy (non-hydrogen) atoms. The van der Waals surface area contributed by atoms with Crippen LogP contribution in [0.25, 0.3) is 10.4 Å². The van der Waals surface area contributed by atoms with Crippen molar-refractivity contribution in [2.75, 3.05) is 40.3 Å². The van der Waals surface area contributed by atoms with Gasteiger partial charge in [0.25, 0.3) is 0 Å². The number of azide groups is 1. The highest BCUT2D eigenvalue weighted by molar-refractivity contribution is 4.76. The van der Waals surface area contributed by atoms with Gasteiger partial charge in [0.15, 0.2) is 0 Å². The van der Waals surface area contributed by atoms with Gasteiger partial charge >= 0.3 is 0 Å². The van der Waals surface area contributed by atoms with E-state index >= 15 is 0 Å². The molecule has 1 fully saturated rings. The summed E-state index contributed by atoms with van der Waals surface area (Å²) in [7, 11) is 4.28. The minimum Gasteiger partial charge on any atom is -0.306 e. The van der Waals surface area contributed by atoms with Crippen LogP contribution in [0, 0.1) is 0 Å². The smallest absolute Gasteiger partial charge is 0.0385 e. The van der Waals surface area contributed by atoms with Crippen LogP contribution in [0.1, 0.15) is 12.8 Å². The molecule has 1 aliphatic heterocycles. The van der Waals surface area contributed by atoms with Gasteiger partial charge in [-0.3, -0.25) is 0 Å². The van der Waals surface area contributed by atoms with Crippen LogP contribution in [0.3, 0.4) is 0 Å². The molecule has 0 spiro atoms. The quantitative estimate of drug-likeness (QED) is 0.388. The van der Waals surface area contributed by atoms with Gasteiger partial charge in [0.1, 0.15) is 0 Å². The Morgan fingerprint density at radius 1 is 1.50 bits per heavy atom. The second-order valence-corrected chi connectivity index (χ2v) is 3.97. The van der Waals surface area contributed by atoms with E-state index in [1.807, 2.05) is 0 Å². The van der Waals surface area contributed by atoms with Crippen LogP contribution >= 0.6 is 0 Å². The van der Waals surface area contributed by atoms with E-state index in [2.05, 4.69) is 33.9 Å². The molecule has 0 bridgehead atoms. The molecule has 5 heteroatoms. The average molecular weight is 197 g/mol. The summed E-state index contributed by atoms with van der Waals surface area (Å²) in [5.41, 5.74) is 8.16. The Balaban J connectivity index is 2.23. The van der Waals surface area contributed by atoms with Crippen LogP contribution in [0.5, 0.6) is 0 Å². The lowest BCUT2D eigenvalue weighted by Gasteiger charge is -2.34. The summed E-state index contributed by atoms with van der Waals surface area (Å²) in [4.78, 5) is 7.42. The van der Waals surface area contributed by atoms with Crippen LogP contribution < -0.4 is 0 Å². The fourth-order valence-corrected chi connectivity index (χ4v) is 1.87. The Bertz CT molecular complexity index is 203. The number of likely N-dealkylation sites (N-methyl/N-ethyl adjacent to an activating group) is 1. The molecule has 1 heterocycles. The van der Waals surface area contributed by atoms with E-state index in [0.717, 1.165) is 6.54 Å². The van der Waals surface area contributed by atoms with Gasteiger partial charge in [-0.25, -0.2) is 0 Å². The van der Waals surface area contributed by atoms with Gasteiger partial charge < -0.3 is 9.80 Å². The number of hydrogen-bond acceptors (Lipinski definition) is 3. The number of nitrogens with zero attached hydrogens (tertiary/aromatic N) is 5. The topological polar surface area (TPSA) is 55.2 Å². The summed E-state index contributed by atoms with van der Waals surface area (Å²) in [5, 5.41) is 3.55. The molecule has 80 valence electrons. The van der Waals surface area contributed by atoms with Gasteiger partial charge in [-0.1, -0.05) is 5.11 Å². The zero-order chi connectivity index (χ0) is 10.4. The minimum absolute atomic E-state index is 0.583. The molecule has 0 aromatic carbocycles. The number of rotatable bonds is 4. The maximum absolute atomic E-state index is 8.16. The highest BCUT2D eigenvalue weighted by Crippen LogP contribution is 2.13. The number of hydrogen-bond donors (Lipinski definition) is 0. The zero-order valence-electron chi connectivity index (χ0n) is 9.06. The van der Waals surface area contributed by atoms with E-state index in [0.29, 0.717) is 12.6 Å². The Hall–Kier alpha value is -0.770. The zero-order valence-corrected chi connectivity index (χ0v) is 9.06. The highest BCUT2D eigenvalue weighted by Gasteiger charge is 2.19.